The third-order valence-corrected chi connectivity index (χ3v) is 4.04. The first-order valence-corrected chi connectivity index (χ1v) is 7.16. The molecule has 1 aromatic carbocycles. The highest BCUT2D eigenvalue weighted by atomic mass is 32.2. The second-order valence-corrected chi connectivity index (χ2v) is 5.72. The van der Waals surface area contributed by atoms with Crippen LogP contribution in [-0.4, -0.2) is 22.7 Å². The van der Waals surface area contributed by atoms with Crippen LogP contribution in [0.1, 0.15) is 37.0 Å². The lowest BCUT2D eigenvalue weighted by molar-refractivity contribution is 0.101. The van der Waals surface area contributed by atoms with Crippen molar-refractivity contribution < 1.29 is 4.79 Å². The third kappa shape index (κ3) is 3.35. The number of thioether (sulfide) groups is 1. The van der Waals surface area contributed by atoms with Crippen LogP contribution in [0.2, 0.25) is 0 Å². The van der Waals surface area contributed by atoms with Crippen molar-refractivity contribution in [2.45, 2.75) is 31.9 Å². The zero-order chi connectivity index (χ0) is 13.0. The van der Waals surface area contributed by atoms with Crippen molar-refractivity contribution in [3.63, 3.8) is 0 Å². The molecule has 1 aromatic rings. The number of ketones is 1. The minimum absolute atomic E-state index is 0.0946. The average Bonchev–Trinajstić information content (AvgIpc) is 2.78. The summed E-state index contributed by atoms with van der Waals surface area (Å²) in [5.41, 5.74) is 1.73. The molecule has 1 heterocycles. The monoisotopic (exact) mass is 262 g/mol. The van der Waals surface area contributed by atoms with E-state index < -0.39 is 0 Å². The van der Waals surface area contributed by atoms with E-state index in [0.29, 0.717) is 5.25 Å². The summed E-state index contributed by atoms with van der Waals surface area (Å²) in [7, 11) is 0. The van der Waals surface area contributed by atoms with Crippen LogP contribution in [0.4, 0.5) is 5.69 Å². The molecule has 0 fully saturated rings. The molecule has 1 aliphatic heterocycles. The van der Waals surface area contributed by atoms with Crippen LogP contribution >= 0.6 is 11.8 Å². The van der Waals surface area contributed by atoms with Crippen LogP contribution in [0.25, 0.3) is 0 Å². The summed E-state index contributed by atoms with van der Waals surface area (Å²) in [6, 6.07) is 7.53. The summed E-state index contributed by atoms with van der Waals surface area (Å²) in [4.78, 5) is 15.7. The van der Waals surface area contributed by atoms with Crippen molar-refractivity contribution in [3.05, 3.63) is 29.8 Å². The maximum Gasteiger partial charge on any atom is 0.161 e. The lowest BCUT2D eigenvalue weighted by Gasteiger charge is -2.08. The van der Waals surface area contributed by atoms with Crippen molar-refractivity contribution in [3.8, 4) is 0 Å². The van der Waals surface area contributed by atoms with Gasteiger partial charge in [-0.1, -0.05) is 25.1 Å². The van der Waals surface area contributed by atoms with Gasteiger partial charge in [0, 0.05) is 16.5 Å². The SMILES string of the molecule is CCCC1CN=C(Nc2ccc(C(C)=O)cc2)S1. The molecule has 1 aliphatic rings. The van der Waals surface area contributed by atoms with E-state index >= 15 is 0 Å². The standard InChI is InChI=1S/C14H18N2OS/c1-3-4-13-9-15-14(18-13)16-12-7-5-11(6-8-12)10(2)17/h5-8,13H,3-4,9H2,1-2H3,(H,15,16). The fourth-order valence-corrected chi connectivity index (χ4v) is 3.01. The summed E-state index contributed by atoms with van der Waals surface area (Å²) in [5.74, 6) is 0.0946. The maximum absolute atomic E-state index is 11.2. The van der Waals surface area contributed by atoms with Crippen molar-refractivity contribution in [2.24, 2.45) is 4.99 Å². The Bertz CT molecular complexity index is 453. The first-order chi connectivity index (χ1) is 8.69. The summed E-state index contributed by atoms with van der Waals surface area (Å²) in [5, 5.41) is 4.91. The zero-order valence-electron chi connectivity index (χ0n) is 10.8. The Morgan fingerprint density at radius 1 is 1.44 bits per heavy atom. The minimum Gasteiger partial charge on any atom is -0.335 e. The van der Waals surface area contributed by atoms with Gasteiger partial charge < -0.3 is 5.32 Å². The molecule has 1 unspecified atom stereocenters. The number of Topliss-reactive ketones (excluding diaryl/α,β-unsaturated/α-hetero) is 1. The van der Waals surface area contributed by atoms with Gasteiger partial charge in [-0.3, -0.25) is 9.79 Å². The van der Waals surface area contributed by atoms with Crippen molar-refractivity contribution in [1.82, 2.24) is 0 Å². The fraction of sp³-hybridized carbons (Fsp3) is 0.429. The van der Waals surface area contributed by atoms with E-state index in [2.05, 4.69) is 17.2 Å². The number of nitrogens with zero attached hydrogens (tertiary/aromatic N) is 1. The molecule has 0 aromatic heterocycles. The Balaban J connectivity index is 1.92. The molecule has 0 spiro atoms. The fourth-order valence-electron chi connectivity index (χ4n) is 1.87. The van der Waals surface area contributed by atoms with Crippen molar-refractivity contribution in [1.29, 1.82) is 0 Å². The van der Waals surface area contributed by atoms with E-state index in [1.54, 1.807) is 6.92 Å². The summed E-state index contributed by atoms with van der Waals surface area (Å²) >= 11 is 1.81. The van der Waals surface area contributed by atoms with Crippen LogP contribution in [-0.2, 0) is 0 Å². The molecular weight excluding hydrogens is 244 g/mol. The maximum atomic E-state index is 11.2. The molecule has 2 rings (SSSR count). The Morgan fingerprint density at radius 2 is 2.17 bits per heavy atom. The number of carbonyl (C=O) groups is 1. The van der Waals surface area contributed by atoms with Crippen LogP contribution < -0.4 is 5.32 Å². The first-order valence-electron chi connectivity index (χ1n) is 6.28. The molecular formula is C14H18N2OS. The average molecular weight is 262 g/mol. The van der Waals surface area contributed by atoms with Gasteiger partial charge in [-0.25, -0.2) is 0 Å². The van der Waals surface area contributed by atoms with Crippen LogP contribution in [0.5, 0.6) is 0 Å². The van der Waals surface area contributed by atoms with Crippen LogP contribution in [0, 0.1) is 0 Å². The number of nitrogens with one attached hydrogen (secondary N) is 1. The van der Waals surface area contributed by atoms with Gasteiger partial charge in [0.25, 0.3) is 0 Å². The van der Waals surface area contributed by atoms with Crippen molar-refractivity contribution in [2.75, 3.05) is 11.9 Å². The molecule has 3 nitrogen and oxygen atoms in total. The molecule has 1 N–H and O–H groups in total. The van der Waals surface area contributed by atoms with Gasteiger partial charge in [0.2, 0.25) is 0 Å². The van der Waals surface area contributed by atoms with Gasteiger partial charge in [-0.05, 0) is 37.6 Å². The van der Waals surface area contributed by atoms with E-state index in [-0.39, 0.29) is 5.78 Å². The number of aliphatic imine (C=N–C) groups is 1. The molecule has 18 heavy (non-hydrogen) atoms. The number of rotatable bonds is 4. The predicted octanol–water partition coefficient (Wildman–Crippen LogP) is 3.57. The minimum atomic E-state index is 0.0946. The normalized spacial score (nSPS) is 18.6. The highest BCUT2D eigenvalue weighted by Gasteiger charge is 2.18. The van der Waals surface area contributed by atoms with Crippen LogP contribution in [0.3, 0.4) is 0 Å². The Labute approximate surface area is 112 Å². The smallest absolute Gasteiger partial charge is 0.161 e. The molecule has 0 saturated carbocycles. The molecule has 96 valence electrons. The molecule has 1 atom stereocenters. The van der Waals surface area contributed by atoms with Gasteiger partial charge >= 0.3 is 0 Å². The number of benzene rings is 1. The molecule has 0 aliphatic carbocycles. The van der Waals surface area contributed by atoms with Gasteiger partial charge in [-0.2, -0.15) is 0 Å². The van der Waals surface area contributed by atoms with Gasteiger partial charge in [-0.15, -0.1) is 0 Å². The predicted molar refractivity (Wildman–Crippen MR) is 78.7 cm³/mol. The molecule has 0 bridgehead atoms. The van der Waals surface area contributed by atoms with E-state index in [9.17, 15) is 4.79 Å². The summed E-state index contributed by atoms with van der Waals surface area (Å²) in [6.45, 7) is 4.69. The zero-order valence-corrected chi connectivity index (χ0v) is 11.6. The molecule has 0 radical (unpaired) electrons. The number of anilines is 1. The molecule has 0 saturated heterocycles. The highest BCUT2D eigenvalue weighted by molar-refractivity contribution is 8.15. The number of hydrogen-bond donors (Lipinski definition) is 1. The second-order valence-electron chi connectivity index (χ2n) is 4.43. The summed E-state index contributed by atoms with van der Waals surface area (Å²) in [6.07, 6.45) is 2.41. The second kappa shape index (κ2) is 6.05. The Kier molecular flexibility index (Phi) is 4.42. The van der Waals surface area contributed by atoms with E-state index in [4.69, 9.17) is 0 Å². The Morgan fingerprint density at radius 3 is 2.78 bits per heavy atom. The lowest BCUT2D eigenvalue weighted by atomic mass is 10.1. The largest absolute Gasteiger partial charge is 0.335 e. The van der Waals surface area contributed by atoms with E-state index in [1.807, 2.05) is 36.0 Å². The van der Waals surface area contributed by atoms with Crippen LogP contribution in [0.15, 0.2) is 29.3 Å². The van der Waals surface area contributed by atoms with Crippen molar-refractivity contribution >= 4 is 28.4 Å². The topological polar surface area (TPSA) is 41.5 Å². The number of hydrogen-bond acceptors (Lipinski definition) is 4. The number of carbonyl (C=O) groups excluding carboxylic acids is 1. The third-order valence-electron chi connectivity index (χ3n) is 2.87. The highest BCUT2D eigenvalue weighted by Crippen LogP contribution is 2.25. The lowest BCUT2D eigenvalue weighted by Crippen LogP contribution is -2.07. The number of amidine groups is 1. The first kappa shape index (κ1) is 13.1. The Hall–Kier alpha value is -1.29. The van der Waals surface area contributed by atoms with Gasteiger partial charge in [0.1, 0.15) is 0 Å². The van der Waals surface area contributed by atoms with E-state index in [1.165, 1.54) is 12.8 Å². The summed E-state index contributed by atoms with van der Waals surface area (Å²) < 4.78 is 0. The van der Waals surface area contributed by atoms with E-state index in [0.717, 1.165) is 23.0 Å². The van der Waals surface area contributed by atoms with Gasteiger partial charge in [0.05, 0.1) is 6.54 Å². The quantitative estimate of drug-likeness (QED) is 0.843. The van der Waals surface area contributed by atoms with Gasteiger partial charge in [0.15, 0.2) is 11.0 Å². The molecule has 0 amide bonds. The molecule has 4 heteroatoms.